The molecule has 150 valence electrons. The molecular formula is C21H16N4O5. The maximum absolute atomic E-state index is 12.8. The first-order valence-corrected chi connectivity index (χ1v) is 8.98. The van der Waals surface area contributed by atoms with Gasteiger partial charge in [0, 0.05) is 22.7 Å². The molecule has 0 atom stereocenters. The zero-order valence-corrected chi connectivity index (χ0v) is 15.9. The fraction of sp³-hybridized carbons (Fsp3) is 0.143. The molecule has 1 aliphatic rings. The van der Waals surface area contributed by atoms with E-state index in [9.17, 15) is 14.4 Å². The normalized spacial score (nSPS) is 14.9. The first kappa shape index (κ1) is 19.0. The Morgan fingerprint density at radius 3 is 2.83 bits per heavy atom. The second-order valence-electron chi connectivity index (χ2n) is 6.52. The van der Waals surface area contributed by atoms with E-state index in [0.717, 1.165) is 15.8 Å². The fourth-order valence-corrected chi connectivity index (χ4v) is 3.30. The topological polar surface area (TPSA) is 118 Å². The molecule has 1 aliphatic heterocycles. The largest absolute Gasteiger partial charge is 0.463 e. The Labute approximate surface area is 170 Å². The Kier molecular flexibility index (Phi) is 4.82. The number of urea groups is 1. The number of esters is 1. The van der Waals surface area contributed by atoms with Crippen molar-refractivity contribution in [2.45, 2.75) is 13.1 Å². The fourth-order valence-electron chi connectivity index (χ4n) is 3.30. The summed E-state index contributed by atoms with van der Waals surface area (Å²) in [7, 11) is 1.23. The van der Waals surface area contributed by atoms with Crippen molar-refractivity contribution < 1.29 is 23.5 Å². The highest BCUT2D eigenvalue weighted by Crippen LogP contribution is 2.25. The molecule has 2 aromatic heterocycles. The van der Waals surface area contributed by atoms with Gasteiger partial charge >= 0.3 is 12.0 Å². The minimum absolute atomic E-state index is 0.0133. The second kappa shape index (κ2) is 7.60. The number of furan rings is 1. The van der Waals surface area contributed by atoms with E-state index < -0.39 is 17.9 Å². The summed E-state index contributed by atoms with van der Waals surface area (Å²) in [6.07, 6.45) is 3.34. The van der Waals surface area contributed by atoms with Gasteiger partial charge in [0.25, 0.3) is 5.91 Å². The van der Waals surface area contributed by atoms with Crippen LogP contribution in [-0.4, -0.2) is 34.5 Å². The van der Waals surface area contributed by atoms with E-state index in [0.29, 0.717) is 5.56 Å². The molecular weight excluding hydrogens is 388 g/mol. The number of hydrogen-bond acceptors (Lipinski definition) is 6. The number of hydrogen-bond donors (Lipinski definition) is 1. The number of benzene rings is 1. The zero-order chi connectivity index (χ0) is 21.3. The number of nitrogens with zero attached hydrogens (tertiary/aromatic N) is 3. The van der Waals surface area contributed by atoms with Gasteiger partial charge in [0.05, 0.1) is 19.7 Å². The summed E-state index contributed by atoms with van der Waals surface area (Å²) in [5.74, 6) is -0.910. The van der Waals surface area contributed by atoms with Gasteiger partial charge in [0.2, 0.25) is 5.76 Å². The van der Waals surface area contributed by atoms with Gasteiger partial charge in [0.15, 0.2) is 0 Å². The lowest BCUT2D eigenvalue weighted by Crippen LogP contribution is -2.30. The van der Waals surface area contributed by atoms with Crippen molar-refractivity contribution >= 4 is 34.9 Å². The van der Waals surface area contributed by atoms with Crippen LogP contribution in [0.5, 0.6) is 0 Å². The number of aromatic nitrogens is 1. The van der Waals surface area contributed by atoms with Crippen molar-refractivity contribution in [1.82, 2.24) is 14.8 Å². The number of para-hydroxylation sites is 1. The molecule has 0 radical (unpaired) electrons. The van der Waals surface area contributed by atoms with Crippen LogP contribution in [0.4, 0.5) is 4.79 Å². The summed E-state index contributed by atoms with van der Waals surface area (Å²) in [6, 6.07) is 11.9. The van der Waals surface area contributed by atoms with E-state index in [1.807, 2.05) is 24.3 Å². The van der Waals surface area contributed by atoms with Crippen LogP contribution in [0.15, 0.2) is 52.7 Å². The molecule has 3 amide bonds. The Bertz CT molecular complexity index is 1240. The van der Waals surface area contributed by atoms with E-state index in [1.165, 1.54) is 19.2 Å². The summed E-state index contributed by atoms with van der Waals surface area (Å²) in [6.45, 7) is 0.0341. The van der Waals surface area contributed by atoms with Gasteiger partial charge in [0.1, 0.15) is 18.0 Å². The Balaban J connectivity index is 1.61. The standard InChI is InChI=1S/C21H16N4O5/c1-29-20(27)18-7-6-14(30-18)12-25-19(26)16(23-21(25)28)10-13-11-24(9-8-22)17-5-3-2-4-15(13)17/h2-7,10-11H,9,12H2,1H3,(H,23,28)/b16-10-. The second-order valence-corrected chi connectivity index (χ2v) is 6.52. The minimum Gasteiger partial charge on any atom is -0.463 e. The Morgan fingerprint density at radius 2 is 2.07 bits per heavy atom. The van der Waals surface area contributed by atoms with Crippen molar-refractivity contribution in [3.63, 3.8) is 0 Å². The van der Waals surface area contributed by atoms with Crippen molar-refractivity contribution in [3.8, 4) is 6.07 Å². The van der Waals surface area contributed by atoms with Gasteiger partial charge in [-0.3, -0.25) is 9.69 Å². The molecule has 0 saturated carbocycles. The SMILES string of the molecule is COC(=O)c1ccc(CN2C(=O)N/C(=C\c3cn(CC#N)c4ccccc34)C2=O)o1. The zero-order valence-electron chi connectivity index (χ0n) is 15.9. The maximum atomic E-state index is 12.8. The number of nitriles is 1. The van der Waals surface area contributed by atoms with Gasteiger partial charge in [-0.05, 0) is 24.3 Å². The molecule has 0 bridgehead atoms. The van der Waals surface area contributed by atoms with Gasteiger partial charge in [-0.2, -0.15) is 5.26 Å². The van der Waals surface area contributed by atoms with E-state index >= 15 is 0 Å². The minimum atomic E-state index is -0.646. The molecule has 30 heavy (non-hydrogen) atoms. The molecule has 3 heterocycles. The Morgan fingerprint density at radius 1 is 1.27 bits per heavy atom. The number of fused-ring (bicyclic) bond motifs is 1. The van der Waals surface area contributed by atoms with Gasteiger partial charge in [-0.25, -0.2) is 9.59 Å². The van der Waals surface area contributed by atoms with Gasteiger partial charge in [-0.1, -0.05) is 18.2 Å². The highest BCUT2D eigenvalue weighted by atomic mass is 16.5. The molecule has 1 fully saturated rings. The average Bonchev–Trinajstić information content (AvgIpc) is 3.42. The maximum Gasteiger partial charge on any atom is 0.373 e. The molecule has 1 saturated heterocycles. The number of imide groups is 1. The lowest BCUT2D eigenvalue weighted by molar-refractivity contribution is -0.123. The average molecular weight is 404 g/mol. The van der Waals surface area contributed by atoms with E-state index in [4.69, 9.17) is 9.68 Å². The van der Waals surface area contributed by atoms with Crippen LogP contribution in [0, 0.1) is 11.3 Å². The molecule has 0 aliphatic carbocycles. The monoisotopic (exact) mass is 404 g/mol. The van der Waals surface area contributed by atoms with E-state index in [1.54, 1.807) is 16.8 Å². The van der Waals surface area contributed by atoms with E-state index in [-0.39, 0.29) is 30.3 Å². The predicted octanol–water partition coefficient (Wildman–Crippen LogP) is 2.64. The molecule has 0 unspecified atom stereocenters. The van der Waals surface area contributed by atoms with Gasteiger partial charge in [-0.15, -0.1) is 0 Å². The van der Waals surface area contributed by atoms with Crippen LogP contribution in [-0.2, 0) is 22.6 Å². The van der Waals surface area contributed by atoms with Crippen LogP contribution < -0.4 is 5.32 Å². The Hall–Kier alpha value is -4.32. The third-order valence-corrected chi connectivity index (χ3v) is 4.68. The van der Waals surface area contributed by atoms with Crippen LogP contribution in [0.2, 0.25) is 0 Å². The number of rotatable bonds is 5. The quantitative estimate of drug-likeness (QED) is 0.397. The molecule has 3 aromatic rings. The number of nitrogens with one attached hydrogen (secondary N) is 1. The highest BCUT2D eigenvalue weighted by molar-refractivity contribution is 6.14. The molecule has 1 N–H and O–H groups in total. The molecule has 9 heteroatoms. The van der Waals surface area contributed by atoms with Crippen molar-refractivity contribution in [1.29, 1.82) is 5.26 Å². The number of amides is 3. The number of ether oxygens (including phenoxy) is 1. The third kappa shape index (κ3) is 3.31. The molecule has 9 nitrogen and oxygen atoms in total. The van der Waals surface area contributed by atoms with Crippen LogP contribution in [0.1, 0.15) is 21.9 Å². The predicted molar refractivity (Wildman–Crippen MR) is 105 cm³/mol. The first-order chi connectivity index (χ1) is 14.5. The summed E-state index contributed by atoms with van der Waals surface area (Å²) < 4.78 is 11.7. The summed E-state index contributed by atoms with van der Waals surface area (Å²) in [5.41, 5.74) is 1.67. The van der Waals surface area contributed by atoms with Gasteiger partial charge < -0.3 is 19.0 Å². The lowest BCUT2D eigenvalue weighted by Gasteiger charge is -2.09. The molecule has 4 rings (SSSR count). The van der Waals surface area contributed by atoms with Crippen LogP contribution in [0.25, 0.3) is 17.0 Å². The van der Waals surface area contributed by atoms with Crippen molar-refractivity contribution in [2.24, 2.45) is 0 Å². The number of methoxy groups -OCH3 is 1. The first-order valence-electron chi connectivity index (χ1n) is 8.98. The lowest BCUT2D eigenvalue weighted by atomic mass is 10.1. The smallest absolute Gasteiger partial charge is 0.373 e. The van der Waals surface area contributed by atoms with Crippen LogP contribution in [0.3, 0.4) is 0 Å². The van der Waals surface area contributed by atoms with Crippen molar-refractivity contribution in [2.75, 3.05) is 7.11 Å². The number of carbonyl (C=O) groups excluding carboxylic acids is 3. The summed E-state index contributed by atoms with van der Waals surface area (Å²) in [5, 5.41) is 12.5. The molecule has 1 aromatic carbocycles. The van der Waals surface area contributed by atoms with Crippen molar-refractivity contribution in [3.05, 3.63) is 65.4 Å². The summed E-state index contributed by atoms with van der Waals surface area (Å²) >= 11 is 0. The molecule has 0 spiro atoms. The summed E-state index contributed by atoms with van der Waals surface area (Å²) in [4.78, 5) is 37.6. The third-order valence-electron chi connectivity index (χ3n) is 4.68. The highest BCUT2D eigenvalue weighted by Gasteiger charge is 2.34. The van der Waals surface area contributed by atoms with E-state index in [2.05, 4.69) is 16.1 Å². The number of carbonyl (C=O) groups is 3. The van der Waals surface area contributed by atoms with Crippen LogP contribution >= 0.6 is 0 Å².